The van der Waals surface area contributed by atoms with Crippen molar-refractivity contribution in [1.82, 2.24) is 10.7 Å². The Morgan fingerprint density at radius 2 is 1.94 bits per heavy atom. The van der Waals surface area contributed by atoms with Crippen molar-refractivity contribution in [2.45, 2.75) is 19.4 Å². The second kappa shape index (κ2) is 5.87. The van der Waals surface area contributed by atoms with Crippen molar-refractivity contribution in [2.75, 3.05) is 0 Å². The molecule has 0 aliphatic heterocycles. The van der Waals surface area contributed by atoms with Crippen LogP contribution < -0.4 is 16.6 Å². The second-order valence-electron chi connectivity index (χ2n) is 3.45. The maximum absolute atomic E-state index is 11.4. The summed E-state index contributed by atoms with van der Waals surface area (Å²) in [5.74, 6) is 4.39. The average Bonchev–Trinajstić information content (AvgIpc) is 2.28. The molecule has 1 aromatic carbocycles. The quantitative estimate of drug-likeness (QED) is 0.371. The van der Waals surface area contributed by atoms with E-state index < -0.39 is 11.9 Å². The Labute approximate surface area is 94.0 Å². The minimum atomic E-state index is -0.634. The van der Waals surface area contributed by atoms with E-state index >= 15 is 0 Å². The van der Waals surface area contributed by atoms with Crippen LogP contribution in [0.5, 0.6) is 0 Å². The van der Waals surface area contributed by atoms with Crippen LogP contribution in [0.3, 0.4) is 0 Å². The smallest absolute Gasteiger partial charge is 0.256 e. The Balaban J connectivity index is 2.70. The number of hydrogen-bond acceptors (Lipinski definition) is 3. The maximum Gasteiger partial charge on any atom is 0.256 e. The number of nitrogens with two attached hydrogens (primary N) is 1. The van der Waals surface area contributed by atoms with E-state index in [0.717, 1.165) is 5.56 Å². The van der Waals surface area contributed by atoms with Crippen molar-refractivity contribution in [1.29, 1.82) is 0 Å². The van der Waals surface area contributed by atoms with Gasteiger partial charge in [-0.3, -0.25) is 15.0 Å². The molecular formula is C11H15N3O2. The molecule has 0 aromatic heterocycles. The molecule has 0 fully saturated rings. The monoisotopic (exact) mass is 221 g/mol. The summed E-state index contributed by atoms with van der Waals surface area (Å²) in [6.07, 6.45) is 0.420. The number of carbonyl (C=O) groups excluding carboxylic acids is 2. The molecule has 1 aromatic rings. The van der Waals surface area contributed by atoms with Gasteiger partial charge in [-0.1, -0.05) is 30.3 Å². The average molecular weight is 221 g/mol. The zero-order valence-corrected chi connectivity index (χ0v) is 9.07. The first-order valence-corrected chi connectivity index (χ1v) is 4.95. The summed E-state index contributed by atoms with van der Waals surface area (Å²) in [7, 11) is 0. The summed E-state index contributed by atoms with van der Waals surface area (Å²) in [4.78, 5) is 22.3. The topological polar surface area (TPSA) is 84.2 Å². The second-order valence-corrected chi connectivity index (χ2v) is 3.45. The lowest BCUT2D eigenvalue weighted by Crippen LogP contribution is -2.49. The van der Waals surface area contributed by atoms with E-state index in [-0.39, 0.29) is 5.91 Å². The third-order valence-electron chi connectivity index (χ3n) is 2.12. The Morgan fingerprint density at radius 3 is 2.44 bits per heavy atom. The van der Waals surface area contributed by atoms with Crippen LogP contribution in [0.2, 0.25) is 0 Å². The van der Waals surface area contributed by atoms with E-state index in [1.165, 1.54) is 6.92 Å². The van der Waals surface area contributed by atoms with E-state index in [2.05, 4.69) is 5.32 Å². The van der Waals surface area contributed by atoms with Crippen LogP contribution in [0.4, 0.5) is 0 Å². The van der Waals surface area contributed by atoms with Gasteiger partial charge in [0.1, 0.15) is 6.04 Å². The highest BCUT2D eigenvalue weighted by Crippen LogP contribution is 2.03. The van der Waals surface area contributed by atoms with E-state index in [1.807, 2.05) is 35.8 Å². The van der Waals surface area contributed by atoms with Gasteiger partial charge in [-0.25, -0.2) is 5.84 Å². The fraction of sp³-hybridized carbons (Fsp3) is 0.273. The molecule has 5 heteroatoms. The van der Waals surface area contributed by atoms with Crippen molar-refractivity contribution < 1.29 is 9.59 Å². The van der Waals surface area contributed by atoms with Crippen LogP contribution in [0.25, 0.3) is 0 Å². The van der Waals surface area contributed by atoms with Gasteiger partial charge in [0.2, 0.25) is 5.91 Å². The summed E-state index contributed by atoms with van der Waals surface area (Å²) >= 11 is 0. The molecule has 16 heavy (non-hydrogen) atoms. The number of benzene rings is 1. The summed E-state index contributed by atoms with van der Waals surface area (Å²) < 4.78 is 0. The zero-order valence-electron chi connectivity index (χ0n) is 9.07. The van der Waals surface area contributed by atoms with Crippen molar-refractivity contribution in [3.63, 3.8) is 0 Å². The number of rotatable bonds is 4. The van der Waals surface area contributed by atoms with Gasteiger partial charge in [-0.2, -0.15) is 0 Å². The largest absolute Gasteiger partial charge is 0.344 e. The van der Waals surface area contributed by atoms with Crippen molar-refractivity contribution >= 4 is 11.8 Å². The molecule has 5 nitrogen and oxygen atoms in total. The molecule has 0 heterocycles. The zero-order chi connectivity index (χ0) is 12.0. The Hall–Kier alpha value is -1.88. The van der Waals surface area contributed by atoms with Gasteiger partial charge < -0.3 is 5.32 Å². The standard InChI is InChI=1S/C11H15N3O2/c1-8(15)13-10(11(16)14-12)7-9-5-3-2-4-6-9/h2-6,10H,7,12H2,1H3,(H,13,15)(H,14,16)/t10-/m1/s1. The molecule has 4 N–H and O–H groups in total. The molecule has 0 aliphatic carbocycles. The van der Waals surface area contributed by atoms with Crippen molar-refractivity contribution in [3.8, 4) is 0 Å². The number of nitrogens with one attached hydrogen (secondary N) is 2. The van der Waals surface area contributed by atoms with Gasteiger partial charge >= 0.3 is 0 Å². The lowest BCUT2D eigenvalue weighted by atomic mass is 10.1. The SMILES string of the molecule is CC(=O)N[C@H](Cc1ccccc1)C(=O)NN. The molecular weight excluding hydrogens is 206 g/mol. The number of hydrogen-bond donors (Lipinski definition) is 3. The van der Waals surface area contributed by atoms with Gasteiger partial charge in [0.25, 0.3) is 5.91 Å². The fourth-order valence-electron chi connectivity index (χ4n) is 1.41. The summed E-state index contributed by atoms with van der Waals surface area (Å²) in [6.45, 7) is 1.36. The molecule has 0 unspecified atom stereocenters. The number of amides is 2. The normalized spacial score (nSPS) is 11.6. The lowest BCUT2D eigenvalue weighted by Gasteiger charge is -2.15. The molecule has 0 bridgehead atoms. The van der Waals surface area contributed by atoms with Crippen LogP contribution >= 0.6 is 0 Å². The third kappa shape index (κ3) is 3.70. The number of carbonyl (C=O) groups is 2. The predicted molar refractivity (Wildman–Crippen MR) is 60.1 cm³/mol. The molecule has 0 spiro atoms. The van der Waals surface area contributed by atoms with E-state index in [0.29, 0.717) is 6.42 Å². The summed E-state index contributed by atoms with van der Waals surface area (Å²) in [5, 5.41) is 2.55. The van der Waals surface area contributed by atoms with Crippen molar-refractivity contribution in [3.05, 3.63) is 35.9 Å². The minimum Gasteiger partial charge on any atom is -0.344 e. The molecule has 0 saturated heterocycles. The predicted octanol–water partition coefficient (Wildman–Crippen LogP) is -0.276. The number of hydrazine groups is 1. The van der Waals surface area contributed by atoms with Gasteiger partial charge in [-0.05, 0) is 5.56 Å². The minimum absolute atomic E-state index is 0.260. The fourth-order valence-corrected chi connectivity index (χ4v) is 1.41. The van der Waals surface area contributed by atoms with Gasteiger partial charge in [0, 0.05) is 13.3 Å². The van der Waals surface area contributed by atoms with Gasteiger partial charge in [0.05, 0.1) is 0 Å². The van der Waals surface area contributed by atoms with Gasteiger partial charge in [0.15, 0.2) is 0 Å². The molecule has 2 amide bonds. The molecule has 0 aliphatic rings. The van der Waals surface area contributed by atoms with Crippen LogP contribution in [0, 0.1) is 0 Å². The Kier molecular flexibility index (Phi) is 4.47. The van der Waals surface area contributed by atoms with Gasteiger partial charge in [-0.15, -0.1) is 0 Å². The van der Waals surface area contributed by atoms with Crippen LogP contribution in [0.15, 0.2) is 30.3 Å². The first kappa shape index (κ1) is 12.2. The van der Waals surface area contributed by atoms with Crippen LogP contribution in [-0.4, -0.2) is 17.9 Å². The maximum atomic E-state index is 11.4. The Morgan fingerprint density at radius 1 is 1.31 bits per heavy atom. The first-order valence-electron chi connectivity index (χ1n) is 4.95. The lowest BCUT2D eigenvalue weighted by molar-refractivity contribution is -0.128. The van der Waals surface area contributed by atoms with Crippen LogP contribution in [-0.2, 0) is 16.0 Å². The van der Waals surface area contributed by atoms with E-state index in [1.54, 1.807) is 0 Å². The molecule has 1 rings (SSSR count). The summed E-state index contributed by atoms with van der Waals surface area (Å²) in [6, 6.07) is 8.78. The first-order chi connectivity index (χ1) is 7.63. The van der Waals surface area contributed by atoms with Crippen LogP contribution in [0.1, 0.15) is 12.5 Å². The summed E-state index contributed by atoms with van der Waals surface area (Å²) in [5.41, 5.74) is 3.00. The molecule has 1 atom stereocenters. The highest BCUT2D eigenvalue weighted by Gasteiger charge is 2.18. The Bertz CT molecular complexity index is 365. The van der Waals surface area contributed by atoms with E-state index in [9.17, 15) is 9.59 Å². The highest BCUT2D eigenvalue weighted by atomic mass is 16.2. The van der Waals surface area contributed by atoms with E-state index in [4.69, 9.17) is 5.84 Å². The molecule has 86 valence electrons. The molecule has 0 radical (unpaired) electrons. The molecule has 0 saturated carbocycles. The highest BCUT2D eigenvalue weighted by molar-refractivity contribution is 5.86. The third-order valence-corrected chi connectivity index (χ3v) is 2.12. The van der Waals surface area contributed by atoms with Crippen molar-refractivity contribution in [2.24, 2.45) is 5.84 Å².